The summed E-state index contributed by atoms with van der Waals surface area (Å²) in [6.45, 7) is 3.85. The highest BCUT2D eigenvalue weighted by Gasteiger charge is 2.13. The number of nitrogens with zero attached hydrogens (tertiary/aromatic N) is 2. The highest BCUT2D eigenvalue weighted by atomic mass is 35.5. The van der Waals surface area contributed by atoms with Gasteiger partial charge in [0.15, 0.2) is 0 Å². The molecule has 0 atom stereocenters. The molecule has 5 heteroatoms. The molecule has 0 aliphatic heterocycles. The van der Waals surface area contributed by atoms with Gasteiger partial charge >= 0.3 is 0 Å². The van der Waals surface area contributed by atoms with Crippen LogP contribution in [-0.2, 0) is 6.42 Å². The minimum absolute atomic E-state index is 0.687. The fourth-order valence-electron chi connectivity index (χ4n) is 3.31. The van der Waals surface area contributed by atoms with Crippen LogP contribution in [-0.4, -0.2) is 10.1 Å². The second-order valence-corrected chi connectivity index (χ2v) is 6.88. The van der Waals surface area contributed by atoms with E-state index in [0.29, 0.717) is 12.1 Å². The monoisotopic (exact) mass is 363 g/mol. The number of aromatic nitrogens is 2. The molecule has 0 spiro atoms. The third-order valence-corrected chi connectivity index (χ3v) is 4.73. The minimum atomic E-state index is 0.687. The van der Waals surface area contributed by atoms with E-state index in [1.807, 2.05) is 62.4 Å². The van der Waals surface area contributed by atoms with Gasteiger partial charge in [-0.05, 0) is 55.3 Å². The summed E-state index contributed by atoms with van der Waals surface area (Å²) in [7, 11) is 0. The Kier molecular flexibility index (Phi) is 4.13. The van der Waals surface area contributed by atoms with Crippen molar-refractivity contribution in [3.8, 4) is 11.1 Å². The lowest BCUT2D eigenvalue weighted by Gasteiger charge is -2.09. The molecule has 26 heavy (non-hydrogen) atoms. The van der Waals surface area contributed by atoms with Crippen molar-refractivity contribution in [2.75, 3.05) is 5.73 Å². The Labute approximate surface area is 156 Å². The van der Waals surface area contributed by atoms with Crippen molar-refractivity contribution >= 4 is 28.2 Å². The molecular weight excluding hydrogens is 346 g/mol. The molecule has 0 bridgehead atoms. The van der Waals surface area contributed by atoms with Crippen molar-refractivity contribution in [2.45, 2.75) is 20.3 Å². The first-order valence-electron chi connectivity index (χ1n) is 8.38. The van der Waals surface area contributed by atoms with E-state index >= 15 is 0 Å². The van der Waals surface area contributed by atoms with Gasteiger partial charge in [-0.25, -0.2) is 0 Å². The van der Waals surface area contributed by atoms with Gasteiger partial charge < -0.3 is 10.3 Å². The summed E-state index contributed by atoms with van der Waals surface area (Å²) in [6, 6.07) is 15.8. The fraction of sp³-hybridized carbons (Fsp3) is 0.143. The Morgan fingerprint density at radius 3 is 2.65 bits per heavy atom. The van der Waals surface area contributed by atoms with Gasteiger partial charge in [0.1, 0.15) is 5.76 Å². The predicted molar refractivity (Wildman–Crippen MR) is 105 cm³/mol. The number of pyridine rings is 1. The quantitative estimate of drug-likeness (QED) is 0.534. The van der Waals surface area contributed by atoms with Crippen LogP contribution in [0.15, 0.2) is 53.1 Å². The Balaban J connectivity index is 1.76. The van der Waals surface area contributed by atoms with Crippen LogP contribution in [0.5, 0.6) is 0 Å². The molecule has 0 saturated heterocycles. The first kappa shape index (κ1) is 16.6. The van der Waals surface area contributed by atoms with Crippen LogP contribution in [0.2, 0.25) is 5.02 Å². The zero-order valence-electron chi connectivity index (χ0n) is 14.6. The van der Waals surface area contributed by atoms with Gasteiger partial charge in [-0.1, -0.05) is 35.0 Å². The third kappa shape index (κ3) is 3.04. The molecule has 0 aliphatic rings. The number of nitrogen functional groups attached to an aromatic ring is 1. The number of anilines is 1. The molecule has 2 N–H and O–H groups in total. The van der Waals surface area contributed by atoms with Crippen LogP contribution >= 0.6 is 11.6 Å². The lowest BCUT2D eigenvalue weighted by atomic mass is 10.0. The number of aryl methyl sites for hydroxylation is 2. The minimum Gasteiger partial charge on any atom is -0.398 e. The molecule has 4 rings (SSSR count). The van der Waals surface area contributed by atoms with Crippen molar-refractivity contribution in [2.24, 2.45) is 0 Å². The second kappa shape index (κ2) is 6.46. The maximum Gasteiger partial charge on any atom is 0.141 e. The molecule has 2 heterocycles. The van der Waals surface area contributed by atoms with Crippen molar-refractivity contribution < 1.29 is 4.52 Å². The summed E-state index contributed by atoms with van der Waals surface area (Å²) in [5.74, 6) is 0.797. The number of fused-ring (bicyclic) bond motifs is 1. The average Bonchev–Trinajstić information content (AvgIpc) is 2.93. The highest BCUT2D eigenvalue weighted by molar-refractivity contribution is 6.30. The SMILES string of the molecule is Cc1noc(C)c1-c1ccc2nc(Cc3cccc(Cl)c3)cc(N)c2c1. The van der Waals surface area contributed by atoms with Gasteiger partial charge in [0.2, 0.25) is 0 Å². The predicted octanol–water partition coefficient (Wildman–Crippen LogP) is 5.33. The number of hydrogen-bond donors (Lipinski definition) is 1. The van der Waals surface area contributed by atoms with Crippen LogP contribution in [0.3, 0.4) is 0 Å². The van der Waals surface area contributed by atoms with E-state index in [4.69, 9.17) is 26.8 Å². The molecule has 0 fully saturated rings. The van der Waals surface area contributed by atoms with Crippen molar-refractivity contribution in [3.05, 3.63) is 76.3 Å². The number of halogens is 1. The van der Waals surface area contributed by atoms with E-state index in [2.05, 4.69) is 5.16 Å². The third-order valence-electron chi connectivity index (χ3n) is 4.49. The molecular formula is C21H18ClN3O. The number of hydrogen-bond acceptors (Lipinski definition) is 4. The van der Waals surface area contributed by atoms with Crippen molar-refractivity contribution in [1.82, 2.24) is 10.1 Å². The Morgan fingerprint density at radius 1 is 1.08 bits per heavy atom. The molecule has 0 aliphatic carbocycles. The maximum atomic E-state index is 6.33. The van der Waals surface area contributed by atoms with Gasteiger partial charge in [0.25, 0.3) is 0 Å². The fourth-order valence-corrected chi connectivity index (χ4v) is 3.52. The highest BCUT2D eigenvalue weighted by Crippen LogP contribution is 2.31. The van der Waals surface area contributed by atoms with Gasteiger partial charge in [-0.3, -0.25) is 4.98 Å². The standard InChI is InChI=1S/C21H18ClN3O/c1-12-21(13(2)26-25-12)15-6-7-20-18(10-15)19(23)11-17(24-20)9-14-4-3-5-16(22)8-14/h3-8,10-11H,9H2,1-2H3,(H2,23,24). The first-order valence-corrected chi connectivity index (χ1v) is 8.76. The molecule has 4 nitrogen and oxygen atoms in total. The van der Waals surface area contributed by atoms with E-state index < -0.39 is 0 Å². The molecule has 2 aromatic carbocycles. The molecule has 2 aromatic heterocycles. The lowest BCUT2D eigenvalue weighted by molar-refractivity contribution is 0.393. The van der Waals surface area contributed by atoms with E-state index in [9.17, 15) is 0 Å². The van der Waals surface area contributed by atoms with Crippen LogP contribution in [0, 0.1) is 13.8 Å². The largest absolute Gasteiger partial charge is 0.398 e. The van der Waals surface area contributed by atoms with Crippen LogP contribution in [0.1, 0.15) is 22.7 Å². The summed E-state index contributed by atoms with van der Waals surface area (Å²) in [6.07, 6.45) is 0.687. The lowest BCUT2D eigenvalue weighted by Crippen LogP contribution is -1.97. The Bertz CT molecular complexity index is 1100. The zero-order valence-corrected chi connectivity index (χ0v) is 15.3. The molecule has 0 amide bonds. The van der Waals surface area contributed by atoms with Gasteiger partial charge in [-0.15, -0.1) is 0 Å². The Morgan fingerprint density at radius 2 is 1.92 bits per heavy atom. The Hall–Kier alpha value is -2.85. The number of benzene rings is 2. The zero-order chi connectivity index (χ0) is 18.3. The van der Waals surface area contributed by atoms with Crippen LogP contribution in [0.25, 0.3) is 22.0 Å². The van der Waals surface area contributed by atoms with Gasteiger partial charge in [0.05, 0.1) is 11.2 Å². The second-order valence-electron chi connectivity index (χ2n) is 6.44. The maximum absolute atomic E-state index is 6.33. The first-order chi connectivity index (χ1) is 12.5. The van der Waals surface area contributed by atoms with Gasteiger partial charge in [0, 0.05) is 33.8 Å². The summed E-state index contributed by atoms with van der Waals surface area (Å²) in [5.41, 5.74) is 12.8. The van der Waals surface area contributed by atoms with Gasteiger partial charge in [-0.2, -0.15) is 0 Å². The number of nitrogens with two attached hydrogens (primary N) is 1. The molecule has 130 valence electrons. The normalized spacial score (nSPS) is 11.2. The molecule has 0 saturated carbocycles. The topological polar surface area (TPSA) is 64.9 Å². The summed E-state index contributed by atoms with van der Waals surface area (Å²) >= 11 is 6.07. The van der Waals surface area contributed by atoms with Crippen molar-refractivity contribution in [3.63, 3.8) is 0 Å². The number of rotatable bonds is 3. The van der Waals surface area contributed by atoms with Crippen molar-refractivity contribution in [1.29, 1.82) is 0 Å². The molecule has 0 unspecified atom stereocenters. The summed E-state index contributed by atoms with van der Waals surface area (Å²) in [5, 5.41) is 5.68. The average molecular weight is 364 g/mol. The van der Waals surface area contributed by atoms with Crippen LogP contribution in [0.4, 0.5) is 5.69 Å². The van der Waals surface area contributed by atoms with E-state index in [-0.39, 0.29) is 0 Å². The molecule has 4 aromatic rings. The van der Waals surface area contributed by atoms with E-state index in [1.54, 1.807) is 0 Å². The van der Waals surface area contributed by atoms with E-state index in [0.717, 1.165) is 49.8 Å². The molecule has 0 radical (unpaired) electrons. The van der Waals surface area contributed by atoms with E-state index in [1.165, 1.54) is 0 Å². The summed E-state index contributed by atoms with van der Waals surface area (Å²) < 4.78 is 5.28. The smallest absolute Gasteiger partial charge is 0.141 e. The summed E-state index contributed by atoms with van der Waals surface area (Å²) in [4.78, 5) is 4.77. The van der Waals surface area contributed by atoms with Crippen LogP contribution < -0.4 is 5.73 Å².